The van der Waals surface area contributed by atoms with Crippen molar-refractivity contribution in [1.29, 1.82) is 0 Å². The van der Waals surface area contributed by atoms with E-state index in [1.807, 2.05) is 49.4 Å². The predicted molar refractivity (Wildman–Crippen MR) is 142 cm³/mol. The topological polar surface area (TPSA) is 70.7 Å². The molecule has 4 aromatic rings. The standard InChI is InChI=1S/C31H34O4/c1-18-12-14-19(15-13-18)25(26-27(32)21-10-8-9-11-24(21)35-29(26)34)20-16-22(30(2,3)4)28(33)23(17-20)31(5,6)7/h8-17,25,32-33H,1-7H3. The molecule has 1 unspecified atom stereocenters. The minimum Gasteiger partial charge on any atom is -0.507 e. The summed E-state index contributed by atoms with van der Waals surface area (Å²) in [5.41, 5.74) is 3.65. The lowest BCUT2D eigenvalue weighted by atomic mass is 9.75. The van der Waals surface area contributed by atoms with Gasteiger partial charge in [-0.3, -0.25) is 0 Å². The van der Waals surface area contributed by atoms with E-state index in [0.29, 0.717) is 11.0 Å². The number of hydrogen-bond acceptors (Lipinski definition) is 4. The summed E-state index contributed by atoms with van der Waals surface area (Å²) < 4.78 is 5.68. The van der Waals surface area contributed by atoms with Gasteiger partial charge >= 0.3 is 5.63 Å². The maximum atomic E-state index is 13.4. The Hall–Kier alpha value is -3.53. The number of hydrogen-bond donors (Lipinski definition) is 2. The molecular formula is C31H34O4. The van der Waals surface area contributed by atoms with Gasteiger partial charge in [0, 0.05) is 5.92 Å². The van der Waals surface area contributed by atoms with Crippen LogP contribution in [0.4, 0.5) is 0 Å². The maximum absolute atomic E-state index is 13.4. The summed E-state index contributed by atoms with van der Waals surface area (Å²) in [4.78, 5) is 13.4. The number of aryl methyl sites for hydroxylation is 1. The molecule has 2 N–H and O–H groups in total. The maximum Gasteiger partial charge on any atom is 0.344 e. The molecule has 1 aromatic heterocycles. The molecule has 0 saturated heterocycles. The van der Waals surface area contributed by atoms with Gasteiger partial charge in [0.1, 0.15) is 17.1 Å². The van der Waals surface area contributed by atoms with Gasteiger partial charge in [0.15, 0.2) is 0 Å². The molecule has 4 heteroatoms. The Labute approximate surface area is 206 Å². The van der Waals surface area contributed by atoms with Gasteiger partial charge in [0.2, 0.25) is 0 Å². The molecule has 4 nitrogen and oxygen atoms in total. The van der Waals surface area contributed by atoms with Crippen LogP contribution < -0.4 is 5.63 Å². The van der Waals surface area contributed by atoms with Crippen LogP contribution in [0.1, 0.15) is 80.8 Å². The first kappa shape index (κ1) is 24.6. The molecule has 0 aliphatic rings. The van der Waals surface area contributed by atoms with Crippen LogP contribution >= 0.6 is 0 Å². The molecule has 1 atom stereocenters. The lowest BCUT2D eigenvalue weighted by molar-refractivity contribution is 0.422. The van der Waals surface area contributed by atoms with Crippen molar-refractivity contribution in [3.8, 4) is 11.5 Å². The zero-order valence-corrected chi connectivity index (χ0v) is 21.6. The Morgan fingerprint density at radius 1 is 0.743 bits per heavy atom. The summed E-state index contributed by atoms with van der Waals surface area (Å²) in [6.07, 6.45) is 0. The molecule has 3 aromatic carbocycles. The van der Waals surface area contributed by atoms with E-state index < -0.39 is 11.5 Å². The molecule has 0 radical (unpaired) electrons. The Morgan fingerprint density at radius 2 is 1.29 bits per heavy atom. The van der Waals surface area contributed by atoms with Crippen LogP contribution in [0.15, 0.2) is 69.9 Å². The smallest absolute Gasteiger partial charge is 0.344 e. The zero-order valence-electron chi connectivity index (χ0n) is 21.6. The highest BCUT2D eigenvalue weighted by Gasteiger charge is 2.32. The van der Waals surface area contributed by atoms with E-state index in [1.165, 1.54) is 0 Å². The molecule has 0 bridgehead atoms. The van der Waals surface area contributed by atoms with Crippen LogP contribution in [0.5, 0.6) is 11.5 Å². The average Bonchev–Trinajstić information content (AvgIpc) is 2.76. The van der Waals surface area contributed by atoms with Crippen molar-refractivity contribution < 1.29 is 14.6 Å². The second-order valence-corrected chi connectivity index (χ2v) is 11.5. The third kappa shape index (κ3) is 4.58. The average molecular weight is 471 g/mol. The van der Waals surface area contributed by atoms with Crippen molar-refractivity contribution >= 4 is 11.0 Å². The van der Waals surface area contributed by atoms with Gasteiger partial charge in [-0.25, -0.2) is 4.79 Å². The van der Waals surface area contributed by atoms with E-state index in [1.54, 1.807) is 18.2 Å². The van der Waals surface area contributed by atoms with Gasteiger partial charge in [-0.1, -0.05) is 95.6 Å². The van der Waals surface area contributed by atoms with Crippen molar-refractivity contribution in [2.45, 2.75) is 65.2 Å². The number of fused-ring (bicyclic) bond motifs is 1. The number of rotatable bonds is 3. The third-order valence-electron chi connectivity index (χ3n) is 6.60. The monoisotopic (exact) mass is 470 g/mol. The summed E-state index contributed by atoms with van der Waals surface area (Å²) in [5.74, 6) is -0.393. The van der Waals surface area contributed by atoms with Gasteiger partial charge in [-0.2, -0.15) is 0 Å². The number of benzene rings is 3. The largest absolute Gasteiger partial charge is 0.507 e. The number of phenolic OH excluding ortho intramolecular Hbond substituents is 1. The summed E-state index contributed by atoms with van der Waals surface area (Å²) in [5, 5.41) is 23.1. The van der Waals surface area contributed by atoms with Gasteiger partial charge in [-0.05, 0) is 52.1 Å². The normalized spacial score (nSPS) is 13.2. The summed E-state index contributed by atoms with van der Waals surface area (Å²) in [6, 6.07) is 18.9. The van der Waals surface area contributed by atoms with E-state index in [4.69, 9.17) is 4.42 Å². The summed E-state index contributed by atoms with van der Waals surface area (Å²) in [6.45, 7) is 14.3. The molecule has 182 valence electrons. The van der Waals surface area contributed by atoms with Gasteiger partial charge in [0.05, 0.1) is 10.9 Å². The van der Waals surface area contributed by atoms with Crippen LogP contribution in [0.2, 0.25) is 0 Å². The molecule has 0 amide bonds. The van der Waals surface area contributed by atoms with Crippen LogP contribution in [0.3, 0.4) is 0 Å². The number of para-hydroxylation sites is 1. The fraction of sp³-hybridized carbons (Fsp3) is 0.323. The van der Waals surface area contributed by atoms with E-state index in [-0.39, 0.29) is 27.9 Å². The molecule has 0 saturated carbocycles. The van der Waals surface area contributed by atoms with Gasteiger partial charge < -0.3 is 14.6 Å². The molecule has 0 spiro atoms. The van der Waals surface area contributed by atoms with E-state index in [0.717, 1.165) is 27.8 Å². The minimum absolute atomic E-state index is 0.0786. The van der Waals surface area contributed by atoms with Crippen molar-refractivity contribution in [2.24, 2.45) is 0 Å². The molecule has 35 heavy (non-hydrogen) atoms. The van der Waals surface area contributed by atoms with Gasteiger partial charge in [0.25, 0.3) is 0 Å². The van der Waals surface area contributed by atoms with E-state index >= 15 is 0 Å². The Morgan fingerprint density at radius 3 is 1.83 bits per heavy atom. The first-order chi connectivity index (χ1) is 16.3. The van der Waals surface area contributed by atoms with E-state index in [2.05, 4.69) is 41.5 Å². The van der Waals surface area contributed by atoms with Crippen molar-refractivity contribution in [3.63, 3.8) is 0 Å². The lowest BCUT2D eigenvalue weighted by Gasteiger charge is -2.30. The highest BCUT2D eigenvalue weighted by Crippen LogP contribution is 2.45. The second-order valence-electron chi connectivity index (χ2n) is 11.5. The second kappa shape index (κ2) is 8.60. The molecule has 0 aliphatic carbocycles. The Balaban J connectivity index is 2.12. The van der Waals surface area contributed by atoms with Crippen LogP contribution in [-0.4, -0.2) is 10.2 Å². The number of phenols is 1. The van der Waals surface area contributed by atoms with E-state index in [9.17, 15) is 15.0 Å². The van der Waals surface area contributed by atoms with Crippen LogP contribution in [-0.2, 0) is 10.8 Å². The molecule has 4 rings (SSSR count). The fourth-order valence-electron chi connectivity index (χ4n) is 4.65. The molecule has 0 aliphatic heterocycles. The summed E-state index contributed by atoms with van der Waals surface area (Å²) >= 11 is 0. The summed E-state index contributed by atoms with van der Waals surface area (Å²) in [7, 11) is 0. The van der Waals surface area contributed by atoms with Gasteiger partial charge in [-0.15, -0.1) is 0 Å². The quantitative estimate of drug-likeness (QED) is 0.309. The SMILES string of the molecule is Cc1ccc(C(c2cc(C(C)(C)C)c(O)c(C(C)(C)C)c2)c2c(O)c3ccccc3oc2=O)cc1. The Bertz CT molecular complexity index is 1410. The van der Waals surface area contributed by atoms with Crippen molar-refractivity contribution in [2.75, 3.05) is 0 Å². The van der Waals surface area contributed by atoms with Crippen molar-refractivity contribution in [3.05, 3.63) is 104 Å². The van der Waals surface area contributed by atoms with Crippen LogP contribution in [0.25, 0.3) is 11.0 Å². The third-order valence-corrected chi connectivity index (χ3v) is 6.60. The first-order valence-electron chi connectivity index (χ1n) is 12.0. The van der Waals surface area contributed by atoms with Crippen molar-refractivity contribution in [1.82, 2.24) is 0 Å². The lowest BCUT2D eigenvalue weighted by Crippen LogP contribution is -2.20. The minimum atomic E-state index is -0.584. The predicted octanol–water partition coefficient (Wildman–Crippen LogP) is 7.29. The Kier molecular flexibility index (Phi) is 6.04. The zero-order chi connectivity index (χ0) is 25.7. The highest BCUT2D eigenvalue weighted by atomic mass is 16.4. The first-order valence-corrected chi connectivity index (χ1v) is 12.0. The highest BCUT2D eigenvalue weighted by molar-refractivity contribution is 5.84. The number of aromatic hydroxyl groups is 2. The molecular weight excluding hydrogens is 436 g/mol. The molecule has 0 fully saturated rings. The fourth-order valence-corrected chi connectivity index (χ4v) is 4.65. The van der Waals surface area contributed by atoms with Crippen LogP contribution in [0, 0.1) is 6.92 Å². The molecule has 1 heterocycles.